The molecule has 2 aliphatic heterocycles. The standard InChI is InChI=1S/C31H33N7O3/c1-3-27(39)34-24-10-5-7-21-22(24)8-4-9-23(21)29-35-28(30(40)33-20-12-15-36(2)16-13-20)26-19-37(17-18-38(26)29)31(41)25-11-6-14-32-25/h3-11,14,20,32H,1,12-13,15-19H2,2H3,(H,33,40)(H,34,39). The van der Waals surface area contributed by atoms with E-state index in [1.54, 1.807) is 23.2 Å². The molecule has 1 fully saturated rings. The number of amides is 3. The van der Waals surface area contributed by atoms with Crippen LogP contribution in [0.1, 0.15) is 39.5 Å². The highest BCUT2D eigenvalue weighted by atomic mass is 16.2. The molecule has 0 spiro atoms. The fourth-order valence-corrected chi connectivity index (χ4v) is 5.77. The van der Waals surface area contributed by atoms with Crippen LogP contribution in [0.2, 0.25) is 0 Å². The zero-order valence-electron chi connectivity index (χ0n) is 23.0. The Morgan fingerprint density at radius 3 is 2.54 bits per heavy atom. The summed E-state index contributed by atoms with van der Waals surface area (Å²) in [4.78, 5) is 51.0. The van der Waals surface area contributed by atoms with Crippen LogP contribution in [0.25, 0.3) is 22.2 Å². The number of carbonyl (C=O) groups excluding carboxylic acids is 3. The molecule has 10 nitrogen and oxygen atoms in total. The summed E-state index contributed by atoms with van der Waals surface area (Å²) in [5.41, 5.74) is 3.09. The Balaban J connectivity index is 1.41. The monoisotopic (exact) mass is 551 g/mol. The first-order chi connectivity index (χ1) is 19.9. The fraction of sp³-hybridized carbons (Fsp3) is 0.290. The maximum Gasteiger partial charge on any atom is 0.272 e. The summed E-state index contributed by atoms with van der Waals surface area (Å²) in [7, 11) is 2.09. The molecule has 0 saturated carbocycles. The molecule has 2 aromatic heterocycles. The quantitative estimate of drug-likeness (QED) is 0.317. The molecule has 41 heavy (non-hydrogen) atoms. The van der Waals surface area contributed by atoms with Crippen LogP contribution in [0.4, 0.5) is 5.69 Å². The average molecular weight is 552 g/mol. The number of carbonyl (C=O) groups is 3. The Bertz CT molecular complexity index is 1630. The van der Waals surface area contributed by atoms with E-state index in [9.17, 15) is 14.4 Å². The second-order valence-corrected chi connectivity index (χ2v) is 10.6. The lowest BCUT2D eigenvalue weighted by Gasteiger charge is -2.30. The molecule has 3 amide bonds. The average Bonchev–Trinajstić information content (AvgIpc) is 3.66. The van der Waals surface area contributed by atoms with E-state index >= 15 is 0 Å². The number of aromatic amines is 1. The lowest BCUT2D eigenvalue weighted by Crippen LogP contribution is -2.44. The number of imidazole rings is 1. The van der Waals surface area contributed by atoms with Crippen LogP contribution in [-0.2, 0) is 17.9 Å². The van der Waals surface area contributed by atoms with Gasteiger partial charge in [0, 0.05) is 42.0 Å². The van der Waals surface area contributed by atoms with E-state index in [2.05, 4.69) is 38.7 Å². The van der Waals surface area contributed by atoms with E-state index in [0.29, 0.717) is 41.7 Å². The first-order valence-corrected chi connectivity index (χ1v) is 13.9. The number of nitrogens with one attached hydrogen (secondary N) is 3. The van der Waals surface area contributed by atoms with Gasteiger partial charge in [0.15, 0.2) is 5.69 Å². The molecule has 210 valence electrons. The Morgan fingerprint density at radius 2 is 1.78 bits per heavy atom. The minimum absolute atomic E-state index is 0.0772. The highest BCUT2D eigenvalue weighted by Gasteiger charge is 2.32. The van der Waals surface area contributed by atoms with Crippen LogP contribution in [0, 0.1) is 0 Å². The highest BCUT2D eigenvalue weighted by Crippen LogP contribution is 2.35. The van der Waals surface area contributed by atoms with Crippen molar-refractivity contribution in [2.45, 2.75) is 32.0 Å². The number of nitrogens with zero attached hydrogens (tertiary/aromatic N) is 4. The third-order valence-corrected chi connectivity index (χ3v) is 8.00. The zero-order valence-corrected chi connectivity index (χ0v) is 23.0. The van der Waals surface area contributed by atoms with Gasteiger partial charge in [-0.25, -0.2) is 4.98 Å². The summed E-state index contributed by atoms with van der Waals surface area (Å²) in [6.07, 6.45) is 4.73. The molecule has 0 bridgehead atoms. The van der Waals surface area contributed by atoms with Crippen molar-refractivity contribution < 1.29 is 14.4 Å². The topological polar surface area (TPSA) is 115 Å². The van der Waals surface area contributed by atoms with E-state index in [0.717, 1.165) is 42.3 Å². The van der Waals surface area contributed by atoms with Crippen LogP contribution in [0.5, 0.6) is 0 Å². The van der Waals surface area contributed by atoms with Crippen LogP contribution < -0.4 is 10.6 Å². The zero-order chi connectivity index (χ0) is 28.5. The maximum atomic E-state index is 13.7. The van der Waals surface area contributed by atoms with E-state index in [1.165, 1.54) is 6.08 Å². The molecule has 0 aliphatic carbocycles. The lowest BCUT2D eigenvalue weighted by molar-refractivity contribution is -0.111. The van der Waals surface area contributed by atoms with Crippen molar-refractivity contribution in [2.24, 2.45) is 0 Å². The molecular formula is C31H33N7O3. The molecule has 2 aromatic carbocycles. The van der Waals surface area contributed by atoms with Gasteiger partial charge in [-0.1, -0.05) is 36.9 Å². The van der Waals surface area contributed by atoms with Crippen molar-refractivity contribution in [3.8, 4) is 11.4 Å². The Kier molecular flexibility index (Phi) is 7.15. The number of fused-ring (bicyclic) bond motifs is 2. The van der Waals surface area contributed by atoms with Crippen molar-refractivity contribution in [1.29, 1.82) is 0 Å². The molecule has 1 saturated heterocycles. The molecule has 10 heteroatoms. The van der Waals surface area contributed by atoms with Crippen molar-refractivity contribution in [3.05, 3.63) is 84.5 Å². The minimum atomic E-state index is -0.291. The summed E-state index contributed by atoms with van der Waals surface area (Å²) >= 11 is 0. The molecule has 4 heterocycles. The van der Waals surface area contributed by atoms with Gasteiger partial charge in [0.2, 0.25) is 5.91 Å². The first kappa shape index (κ1) is 26.5. The second-order valence-electron chi connectivity index (χ2n) is 10.6. The van der Waals surface area contributed by atoms with Gasteiger partial charge in [0.25, 0.3) is 11.8 Å². The molecule has 3 N–H and O–H groups in total. The number of H-pyrrole nitrogens is 1. The molecular weight excluding hydrogens is 518 g/mol. The summed E-state index contributed by atoms with van der Waals surface area (Å²) in [5, 5.41) is 7.84. The Hall–Kier alpha value is -4.70. The van der Waals surface area contributed by atoms with E-state index in [-0.39, 0.29) is 30.3 Å². The molecule has 0 atom stereocenters. The third-order valence-electron chi connectivity index (χ3n) is 8.00. The van der Waals surface area contributed by atoms with Gasteiger partial charge in [0.1, 0.15) is 11.5 Å². The van der Waals surface area contributed by atoms with Crippen molar-refractivity contribution >= 4 is 34.2 Å². The second kappa shape index (κ2) is 11.1. The van der Waals surface area contributed by atoms with Gasteiger partial charge in [-0.15, -0.1) is 0 Å². The normalized spacial score (nSPS) is 15.9. The van der Waals surface area contributed by atoms with Crippen LogP contribution in [0.15, 0.2) is 67.4 Å². The Morgan fingerprint density at radius 1 is 1.00 bits per heavy atom. The number of rotatable bonds is 6. The molecule has 6 rings (SSSR count). The molecule has 0 radical (unpaired) electrons. The molecule has 4 aromatic rings. The summed E-state index contributed by atoms with van der Waals surface area (Å²) in [6, 6.07) is 15.2. The predicted molar refractivity (Wildman–Crippen MR) is 158 cm³/mol. The smallest absolute Gasteiger partial charge is 0.272 e. The van der Waals surface area contributed by atoms with Gasteiger partial charge in [-0.3, -0.25) is 14.4 Å². The Labute approximate surface area is 238 Å². The number of aromatic nitrogens is 3. The first-order valence-electron chi connectivity index (χ1n) is 13.9. The van der Waals surface area contributed by atoms with Gasteiger partial charge in [0.05, 0.1) is 12.2 Å². The number of piperidine rings is 1. The minimum Gasteiger partial charge on any atom is -0.357 e. The van der Waals surface area contributed by atoms with Crippen LogP contribution >= 0.6 is 0 Å². The van der Waals surface area contributed by atoms with Crippen molar-refractivity contribution in [2.75, 3.05) is 32.0 Å². The van der Waals surface area contributed by atoms with E-state index < -0.39 is 0 Å². The van der Waals surface area contributed by atoms with Gasteiger partial charge >= 0.3 is 0 Å². The predicted octanol–water partition coefficient (Wildman–Crippen LogP) is 3.64. The number of benzene rings is 2. The number of likely N-dealkylation sites (tertiary alicyclic amines) is 1. The third kappa shape index (κ3) is 5.14. The van der Waals surface area contributed by atoms with Crippen LogP contribution in [-0.4, -0.2) is 74.8 Å². The summed E-state index contributed by atoms with van der Waals surface area (Å²) in [5.74, 6) is 0.0421. The highest BCUT2D eigenvalue weighted by molar-refractivity contribution is 6.09. The fourth-order valence-electron chi connectivity index (χ4n) is 5.77. The number of anilines is 1. The maximum absolute atomic E-state index is 13.7. The van der Waals surface area contributed by atoms with Crippen LogP contribution in [0.3, 0.4) is 0 Å². The molecule has 2 aliphatic rings. The van der Waals surface area contributed by atoms with Crippen molar-refractivity contribution in [1.82, 2.24) is 29.7 Å². The number of hydrogen-bond acceptors (Lipinski definition) is 5. The summed E-state index contributed by atoms with van der Waals surface area (Å²) in [6.45, 7) is 6.66. The van der Waals surface area contributed by atoms with Crippen molar-refractivity contribution in [3.63, 3.8) is 0 Å². The SMILES string of the molecule is C=CC(=O)Nc1cccc2c(-c3nc(C(=O)NC4CCN(C)CC4)c4n3CCN(C(=O)c3ccc[nH]3)C4)cccc12. The molecule has 0 unspecified atom stereocenters. The lowest BCUT2D eigenvalue weighted by atomic mass is 10.0. The largest absolute Gasteiger partial charge is 0.357 e. The van der Waals surface area contributed by atoms with Gasteiger partial charge in [-0.05, 0) is 62.6 Å². The van der Waals surface area contributed by atoms with E-state index in [1.807, 2.05) is 36.4 Å². The van der Waals surface area contributed by atoms with Gasteiger partial charge in [-0.2, -0.15) is 0 Å². The van der Waals surface area contributed by atoms with E-state index in [4.69, 9.17) is 4.98 Å². The van der Waals surface area contributed by atoms with Gasteiger partial charge < -0.3 is 30.0 Å². The number of hydrogen-bond donors (Lipinski definition) is 3. The summed E-state index contributed by atoms with van der Waals surface area (Å²) < 4.78 is 2.06.